The molecule has 3 aromatic carbocycles. The molecule has 2 aliphatic rings. The summed E-state index contributed by atoms with van der Waals surface area (Å²) in [5.41, 5.74) is 4.28. The molecule has 0 aromatic heterocycles. The van der Waals surface area contributed by atoms with Crippen LogP contribution in [-0.2, 0) is 4.74 Å². The third-order valence-electron chi connectivity index (χ3n) is 7.90. The Hall–Kier alpha value is -2.42. The third-order valence-corrected chi connectivity index (χ3v) is 7.90. The average molecular weight is 440 g/mol. The van der Waals surface area contributed by atoms with E-state index in [1.54, 1.807) is 0 Å². The molecule has 0 radical (unpaired) electrons. The summed E-state index contributed by atoms with van der Waals surface area (Å²) in [7, 11) is 0. The molecule has 2 fully saturated rings. The van der Waals surface area contributed by atoms with Crippen molar-refractivity contribution in [3.8, 4) is 0 Å². The summed E-state index contributed by atoms with van der Waals surface area (Å²) in [5.74, 6) is 1.97. The minimum absolute atomic E-state index is 0.146. The van der Waals surface area contributed by atoms with Gasteiger partial charge in [0.25, 0.3) is 0 Å². The molecule has 0 amide bonds. The molecule has 33 heavy (non-hydrogen) atoms. The quantitative estimate of drug-likeness (QED) is 0.386. The summed E-state index contributed by atoms with van der Waals surface area (Å²) < 4.78 is 6.62. The van der Waals surface area contributed by atoms with Crippen LogP contribution in [0.25, 0.3) is 0 Å². The highest BCUT2D eigenvalue weighted by Gasteiger charge is 2.38. The molecular weight excluding hydrogens is 402 g/mol. The smallest absolute Gasteiger partial charge is 0.0800 e. The van der Waals surface area contributed by atoms with Gasteiger partial charge in [-0.15, -0.1) is 0 Å². The second-order valence-corrected chi connectivity index (χ2v) is 10.0. The fourth-order valence-corrected chi connectivity index (χ4v) is 6.09. The van der Waals surface area contributed by atoms with Gasteiger partial charge in [0.05, 0.1) is 12.2 Å². The average Bonchev–Trinajstić information content (AvgIpc) is 3.28. The second-order valence-electron chi connectivity index (χ2n) is 10.0. The second kappa shape index (κ2) is 10.7. The maximum Gasteiger partial charge on any atom is 0.0800 e. The molecule has 0 bridgehead atoms. The monoisotopic (exact) mass is 439 g/mol. The number of piperidine rings is 1. The van der Waals surface area contributed by atoms with Crippen molar-refractivity contribution in [2.75, 3.05) is 19.6 Å². The Kier molecular flexibility index (Phi) is 7.24. The first-order valence-corrected chi connectivity index (χ1v) is 12.8. The van der Waals surface area contributed by atoms with Gasteiger partial charge in [-0.1, -0.05) is 91.0 Å². The number of benzene rings is 3. The lowest BCUT2D eigenvalue weighted by Crippen LogP contribution is -2.37. The number of ether oxygens (including phenoxy) is 1. The minimum atomic E-state index is 0.146. The predicted octanol–water partition coefficient (Wildman–Crippen LogP) is 7.21. The highest BCUT2D eigenvalue weighted by Crippen LogP contribution is 2.43. The van der Waals surface area contributed by atoms with Crippen LogP contribution in [0.15, 0.2) is 91.0 Å². The standard InChI is InChI=1S/C31H37NO/c1-24(25-11-5-2-6-12-25)33-30-21-29(31(22-30)28-15-9-4-10-16-28)23-32-19-17-27(18-20-32)26-13-7-3-8-14-26/h2-16,24,27,29-31H,17-23H2,1H3/t24?,29-,30?,31-/m1/s1. The molecule has 2 unspecified atom stereocenters. The molecule has 2 heteroatoms. The van der Waals surface area contributed by atoms with Crippen LogP contribution in [0, 0.1) is 5.92 Å². The zero-order valence-corrected chi connectivity index (χ0v) is 19.9. The van der Waals surface area contributed by atoms with Crippen molar-refractivity contribution < 1.29 is 4.74 Å². The van der Waals surface area contributed by atoms with Crippen molar-refractivity contribution in [3.05, 3.63) is 108 Å². The van der Waals surface area contributed by atoms with E-state index in [2.05, 4.69) is 103 Å². The Bertz CT molecular complexity index is 966. The fourth-order valence-electron chi connectivity index (χ4n) is 6.09. The molecule has 4 atom stereocenters. The molecule has 1 saturated heterocycles. The third kappa shape index (κ3) is 5.57. The van der Waals surface area contributed by atoms with E-state index >= 15 is 0 Å². The molecule has 1 heterocycles. The van der Waals surface area contributed by atoms with Crippen LogP contribution in [0.1, 0.15) is 67.2 Å². The first-order chi connectivity index (χ1) is 16.3. The molecule has 5 rings (SSSR count). The lowest BCUT2D eigenvalue weighted by molar-refractivity contribution is -0.00248. The molecule has 1 aliphatic carbocycles. The first-order valence-electron chi connectivity index (χ1n) is 12.8. The van der Waals surface area contributed by atoms with E-state index in [-0.39, 0.29) is 6.10 Å². The summed E-state index contributed by atoms with van der Waals surface area (Å²) in [5, 5.41) is 0. The van der Waals surface area contributed by atoms with Crippen LogP contribution < -0.4 is 0 Å². The maximum absolute atomic E-state index is 6.62. The summed E-state index contributed by atoms with van der Waals surface area (Å²) in [6, 6.07) is 32.9. The number of nitrogens with zero attached hydrogens (tertiary/aromatic N) is 1. The van der Waals surface area contributed by atoms with Gasteiger partial charge in [-0.3, -0.25) is 0 Å². The molecule has 1 aliphatic heterocycles. The van der Waals surface area contributed by atoms with Crippen molar-refractivity contribution in [2.24, 2.45) is 5.92 Å². The normalized spacial score (nSPS) is 25.2. The molecule has 172 valence electrons. The summed E-state index contributed by atoms with van der Waals surface area (Å²) in [4.78, 5) is 2.73. The summed E-state index contributed by atoms with van der Waals surface area (Å²) in [6.45, 7) is 5.82. The highest BCUT2D eigenvalue weighted by molar-refractivity contribution is 5.23. The van der Waals surface area contributed by atoms with E-state index in [0.29, 0.717) is 17.9 Å². The van der Waals surface area contributed by atoms with E-state index in [0.717, 1.165) is 18.8 Å². The zero-order valence-electron chi connectivity index (χ0n) is 19.9. The lowest BCUT2D eigenvalue weighted by atomic mass is 9.86. The van der Waals surface area contributed by atoms with Crippen LogP contribution in [-0.4, -0.2) is 30.6 Å². The summed E-state index contributed by atoms with van der Waals surface area (Å²) in [6.07, 6.45) is 5.32. The van der Waals surface area contributed by atoms with Crippen LogP contribution in [0.5, 0.6) is 0 Å². The lowest BCUT2D eigenvalue weighted by Gasteiger charge is -2.35. The Morgan fingerprint density at radius 3 is 1.97 bits per heavy atom. The van der Waals surface area contributed by atoms with Gasteiger partial charge in [-0.25, -0.2) is 0 Å². The molecule has 1 saturated carbocycles. The predicted molar refractivity (Wildman–Crippen MR) is 136 cm³/mol. The maximum atomic E-state index is 6.62. The van der Waals surface area contributed by atoms with Gasteiger partial charge in [0, 0.05) is 6.54 Å². The minimum Gasteiger partial charge on any atom is -0.371 e. The highest BCUT2D eigenvalue weighted by atomic mass is 16.5. The topological polar surface area (TPSA) is 12.5 Å². The van der Waals surface area contributed by atoms with Crippen LogP contribution in [0.2, 0.25) is 0 Å². The summed E-state index contributed by atoms with van der Waals surface area (Å²) >= 11 is 0. The fraction of sp³-hybridized carbons (Fsp3) is 0.419. The number of hydrogen-bond donors (Lipinski definition) is 0. The van der Waals surface area contributed by atoms with Gasteiger partial charge in [-0.2, -0.15) is 0 Å². The number of hydrogen-bond acceptors (Lipinski definition) is 2. The Balaban J connectivity index is 1.23. The first kappa shape index (κ1) is 22.4. The van der Waals surface area contributed by atoms with E-state index in [1.165, 1.54) is 49.2 Å². The Morgan fingerprint density at radius 2 is 1.33 bits per heavy atom. The molecule has 0 spiro atoms. The number of likely N-dealkylation sites (tertiary alicyclic amines) is 1. The molecule has 0 N–H and O–H groups in total. The largest absolute Gasteiger partial charge is 0.371 e. The van der Waals surface area contributed by atoms with Crippen LogP contribution in [0.4, 0.5) is 0 Å². The van der Waals surface area contributed by atoms with Gasteiger partial charge in [-0.05, 0) is 80.1 Å². The van der Waals surface area contributed by atoms with Crippen molar-refractivity contribution in [1.82, 2.24) is 4.90 Å². The van der Waals surface area contributed by atoms with Crippen molar-refractivity contribution in [3.63, 3.8) is 0 Å². The van der Waals surface area contributed by atoms with Crippen LogP contribution >= 0.6 is 0 Å². The van der Waals surface area contributed by atoms with Crippen molar-refractivity contribution >= 4 is 0 Å². The van der Waals surface area contributed by atoms with E-state index < -0.39 is 0 Å². The Morgan fingerprint density at radius 1 is 0.758 bits per heavy atom. The molecular formula is C31H37NO. The number of rotatable bonds is 7. The van der Waals surface area contributed by atoms with Gasteiger partial charge in [0.1, 0.15) is 0 Å². The van der Waals surface area contributed by atoms with Crippen LogP contribution in [0.3, 0.4) is 0 Å². The molecule has 2 nitrogen and oxygen atoms in total. The van der Waals surface area contributed by atoms with Crippen molar-refractivity contribution in [2.45, 2.75) is 56.7 Å². The molecule has 3 aromatic rings. The van der Waals surface area contributed by atoms with Gasteiger partial charge >= 0.3 is 0 Å². The van der Waals surface area contributed by atoms with Crippen molar-refractivity contribution in [1.29, 1.82) is 0 Å². The van der Waals surface area contributed by atoms with E-state index in [1.807, 2.05) is 0 Å². The SMILES string of the molecule is CC(OC1C[C@H](CN2CCC(c3ccccc3)CC2)[C@@H](c2ccccc2)C1)c1ccccc1. The van der Waals surface area contributed by atoms with E-state index in [9.17, 15) is 0 Å². The van der Waals surface area contributed by atoms with Gasteiger partial charge < -0.3 is 9.64 Å². The van der Waals surface area contributed by atoms with Gasteiger partial charge in [0.2, 0.25) is 0 Å². The Labute approximate surface area is 199 Å². The zero-order chi connectivity index (χ0) is 22.5. The van der Waals surface area contributed by atoms with Gasteiger partial charge in [0.15, 0.2) is 0 Å². The van der Waals surface area contributed by atoms with E-state index in [4.69, 9.17) is 4.74 Å².